The van der Waals surface area contributed by atoms with Crippen LogP contribution in [0.5, 0.6) is 0 Å². The molecule has 0 aliphatic carbocycles. The Bertz CT molecular complexity index is 431. The molecular formula is C14H22ClN3. The van der Waals surface area contributed by atoms with E-state index >= 15 is 0 Å². The van der Waals surface area contributed by atoms with Crippen molar-refractivity contribution < 1.29 is 0 Å². The average molecular weight is 268 g/mol. The van der Waals surface area contributed by atoms with Crippen LogP contribution < -0.4 is 10.6 Å². The van der Waals surface area contributed by atoms with Crippen molar-refractivity contribution in [2.45, 2.75) is 25.8 Å². The molecule has 0 aromatic heterocycles. The third-order valence-corrected chi connectivity index (χ3v) is 3.90. The fourth-order valence-electron chi connectivity index (χ4n) is 2.66. The van der Waals surface area contributed by atoms with E-state index in [1.165, 1.54) is 12.8 Å². The number of nitrogens with zero attached hydrogens (tertiary/aromatic N) is 2. The van der Waals surface area contributed by atoms with E-state index in [-0.39, 0.29) is 0 Å². The van der Waals surface area contributed by atoms with E-state index < -0.39 is 0 Å². The maximum Gasteiger partial charge on any atom is 0.0643 e. The molecule has 18 heavy (non-hydrogen) atoms. The number of anilines is 2. The molecule has 1 atom stereocenters. The zero-order valence-corrected chi connectivity index (χ0v) is 12.2. The number of aryl methyl sites for hydroxylation is 1. The lowest BCUT2D eigenvalue weighted by molar-refractivity contribution is 0.372. The van der Waals surface area contributed by atoms with Crippen molar-refractivity contribution in [2.75, 3.05) is 37.8 Å². The van der Waals surface area contributed by atoms with E-state index in [9.17, 15) is 0 Å². The first-order chi connectivity index (χ1) is 8.49. The largest absolute Gasteiger partial charge is 0.398 e. The lowest BCUT2D eigenvalue weighted by atomic mass is 10.1. The number of rotatable bonds is 3. The van der Waals surface area contributed by atoms with Gasteiger partial charge in [-0.05, 0) is 51.6 Å². The zero-order valence-electron chi connectivity index (χ0n) is 11.4. The monoisotopic (exact) mass is 267 g/mol. The third-order valence-electron chi connectivity index (χ3n) is 3.60. The highest BCUT2D eigenvalue weighted by atomic mass is 35.5. The second-order valence-corrected chi connectivity index (χ2v) is 5.82. The molecule has 1 aliphatic rings. The van der Waals surface area contributed by atoms with Gasteiger partial charge in [0.25, 0.3) is 0 Å². The van der Waals surface area contributed by atoms with E-state index in [1.54, 1.807) is 0 Å². The predicted molar refractivity (Wildman–Crippen MR) is 79.5 cm³/mol. The van der Waals surface area contributed by atoms with Crippen molar-refractivity contribution >= 4 is 23.0 Å². The van der Waals surface area contributed by atoms with E-state index in [0.29, 0.717) is 6.04 Å². The van der Waals surface area contributed by atoms with Gasteiger partial charge in [-0.1, -0.05) is 11.6 Å². The van der Waals surface area contributed by atoms with Gasteiger partial charge in [-0.25, -0.2) is 0 Å². The summed E-state index contributed by atoms with van der Waals surface area (Å²) in [4.78, 5) is 4.63. The summed E-state index contributed by atoms with van der Waals surface area (Å²) in [5, 5.41) is 0.812. The standard InChI is InChI=1S/C14H22ClN3/c1-10-7-12(15)14(8-13(10)16)18-6-4-5-11(18)9-17(2)3/h7-8,11H,4-6,9,16H2,1-3H3. The molecule has 2 N–H and O–H groups in total. The van der Waals surface area contributed by atoms with Crippen LogP contribution >= 0.6 is 11.6 Å². The van der Waals surface area contributed by atoms with Gasteiger partial charge in [-0.3, -0.25) is 0 Å². The molecule has 1 unspecified atom stereocenters. The van der Waals surface area contributed by atoms with Gasteiger partial charge in [0.15, 0.2) is 0 Å². The highest BCUT2D eigenvalue weighted by molar-refractivity contribution is 6.33. The molecule has 4 heteroatoms. The molecule has 100 valence electrons. The molecule has 3 nitrogen and oxygen atoms in total. The molecule has 1 saturated heterocycles. The van der Waals surface area contributed by atoms with Crippen LogP contribution in [0.3, 0.4) is 0 Å². The van der Waals surface area contributed by atoms with Crippen LogP contribution in [0.2, 0.25) is 5.02 Å². The minimum absolute atomic E-state index is 0.541. The first-order valence-electron chi connectivity index (χ1n) is 6.46. The molecule has 1 aromatic rings. The predicted octanol–water partition coefficient (Wildman–Crippen LogP) is 2.76. The van der Waals surface area contributed by atoms with Gasteiger partial charge in [-0.2, -0.15) is 0 Å². The van der Waals surface area contributed by atoms with E-state index in [0.717, 1.165) is 35.1 Å². The van der Waals surface area contributed by atoms with Gasteiger partial charge < -0.3 is 15.5 Å². The van der Waals surface area contributed by atoms with Crippen LogP contribution in [0.25, 0.3) is 0 Å². The highest BCUT2D eigenvalue weighted by Crippen LogP contribution is 2.35. The summed E-state index contributed by atoms with van der Waals surface area (Å²) in [5.41, 5.74) is 8.97. The quantitative estimate of drug-likeness (QED) is 0.855. The zero-order chi connectivity index (χ0) is 13.3. The Morgan fingerprint density at radius 2 is 2.17 bits per heavy atom. The third kappa shape index (κ3) is 2.73. The van der Waals surface area contributed by atoms with Gasteiger partial charge >= 0.3 is 0 Å². The van der Waals surface area contributed by atoms with Crippen LogP contribution in [-0.2, 0) is 0 Å². The van der Waals surface area contributed by atoms with Crippen LogP contribution in [0.4, 0.5) is 11.4 Å². The van der Waals surface area contributed by atoms with Crippen LogP contribution in [-0.4, -0.2) is 38.1 Å². The molecule has 0 radical (unpaired) electrons. The van der Waals surface area contributed by atoms with Crippen molar-refractivity contribution in [1.29, 1.82) is 0 Å². The van der Waals surface area contributed by atoms with Crippen molar-refractivity contribution in [3.63, 3.8) is 0 Å². The summed E-state index contributed by atoms with van der Waals surface area (Å²) in [5.74, 6) is 0. The van der Waals surface area contributed by atoms with Crippen LogP contribution in [0.1, 0.15) is 18.4 Å². The Morgan fingerprint density at radius 3 is 2.83 bits per heavy atom. The second-order valence-electron chi connectivity index (χ2n) is 5.41. The number of benzene rings is 1. The first-order valence-corrected chi connectivity index (χ1v) is 6.84. The maximum atomic E-state index is 6.37. The molecule has 0 saturated carbocycles. The summed E-state index contributed by atoms with van der Waals surface area (Å²) in [6.45, 7) is 4.12. The van der Waals surface area contributed by atoms with Crippen molar-refractivity contribution in [3.05, 3.63) is 22.7 Å². The molecule has 1 heterocycles. The molecule has 0 bridgehead atoms. The Balaban J connectivity index is 2.27. The van der Waals surface area contributed by atoms with Crippen LogP contribution in [0, 0.1) is 6.92 Å². The number of nitrogen functional groups attached to an aromatic ring is 1. The summed E-state index contributed by atoms with van der Waals surface area (Å²) >= 11 is 6.37. The second kappa shape index (κ2) is 5.37. The van der Waals surface area contributed by atoms with E-state index in [1.807, 2.05) is 19.1 Å². The molecule has 2 rings (SSSR count). The van der Waals surface area contributed by atoms with Crippen molar-refractivity contribution in [1.82, 2.24) is 4.90 Å². The van der Waals surface area contributed by atoms with Gasteiger partial charge in [0.1, 0.15) is 0 Å². The van der Waals surface area contributed by atoms with Crippen LogP contribution in [0.15, 0.2) is 12.1 Å². The maximum absolute atomic E-state index is 6.37. The summed E-state index contributed by atoms with van der Waals surface area (Å²) in [6, 6.07) is 4.53. The number of halogens is 1. The minimum atomic E-state index is 0.541. The van der Waals surface area contributed by atoms with Gasteiger partial charge in [0, 0.05) is 24.8 Å². The lowest BCUT2D eigenvalue weighted by Crippen LogP contribution is -2.37. The summed E-state index contributed by atoms with van der Waals surface area (Å²) < 4.78 is 0. The van der Waals surface area contributed by atoms with Crippen molar-refractivity contribution in [3.8, 4) is 0 Å². The molecule has 1 aromatic carbocycles. The first kappa shape index (κ1) is 13.5. The fraction of sp³-hybridized carbons (Fsp3) is 0.571. The number of hydrogen-bond acceptors (Lipinski definition) is 3. The number of nitrogens with two attached hydrogens (primary N) is 1. The molecule has 1 fully saturated rings. The Labute approximate surface area is 115 Å². The average Bonchev–Trinajstić information content (AvgIpc) is 2.70. The minimum Gasteiger partial charge on any atom is -0.398 e. The molecule has 1 aliphatic heterocycles. The molecule has 0 amide bonds. The molecule has 0 spiro atoms. The van der Waals surface area contributed by atoms with Crippen molar-refractivity contribution in [2.24, 2.45) is 0 Å². The topological polar surface area (TPSA) is 32.5 Å². The van der Waals surface area contributed by atoms with Gasteiger partial charge in [0.2, 0.25) is 0 Å². The van der Waals surface area contributed by atoms with Gasteiger partial charge in [0.05, 0.1) is 10.7 Å². The summed E-state index contributed by atoms with van der Waals surface area (Å²) in [7, 11) is 4.23. The Hall–Kier alpha value is -0.930. The lowest BCUT2D eigenvalue weighted by Gasteiger charge is -2.30. The van der Waals surface area contributed by atoms with E-state index in [4.69, 9.17) is 17.3 Å². The van der Waals surface area contributed by atoms with Gasteiger partial charge in [-0.15, -0.1) is 0 Å². The number of likely N-dealkylation sites (N-methyl/N-ethyl adjacent to an activating group) is 1. The Morgan fingerprint density at radius 1 is 1.44 bits per heavy atom. The number of hydrogen-bond donors (Lipinski definition) is 1. The van der Waals surface area contributed by atoms with E-state index in [2.05, 4.69) is 23.9 Å². The SMILES string of the molecule is Cc1cc(Cl)c(N2CCCC2CN(C)C)cc1N. The fourth-order valence-corrected chi connectivity index (χ4v) is 2.99. The highest BCUT2D eigenvalue weighted by Gasteiger charge is 2.26. The Kier molecular flexibility index (Phi) is 4.03. The smallest absolute Gasteiger partial charge is 0.0643 e. The summed E-state index contributed by atoms with van der Waals surface area (Å²) in [6.07, 6.45) is 2.45. The molecular weight excluding hydrogens is 246 g/mol. The normalized spacial score (nSPS) is 19.8.